The Morgan fingerprint density at radius 2 is 1.89 bits per heavy atom. The highest BCUT2D eigenvalue weighted by Crippen LogP contribution is 2.32. The Morgan fingerprint density at radius 1 is 1.04 bits per heavy atom. The fourth-order valence-electron chi connectivity index (χ4n) is 3.32. The second-order valence-electron chi connectivity index (χ2n) is 6.49. The number of ether oxygens (including phenoxy) is 2. The summed E-state index contributed by atoms with van der Waals surface area (Å²) < 4.78 is 10.7. The summed E-state index contributed by atoms with van der Waals surface area (Å²) in [5, 5.41) is 3.39. The van der Waals surface area contributed by atoms with Crippen LogP contribution in [0, 0.1) is 0 Å². The highest BCUT2D eigenvalue weighted by molar-refractivity contribution is 5.85. The van der Waals surface area contributed by atoms with Gasteiger partial charge >= 0.3 is 0 Å². The zero-order chi connectivity index (χ0) is 19.5. The molecule has 0 radical (unpaired) electrons. The van der Waals surface area contributed by atoms with Gasteiger partial charge in [0.25, 0.3) is 0 Å². The van der Waals surface area contributed by atoms with Gasteiger partial charge in [0.1, 0.15) is 0 Å². The number of nitrogen functional groups attached to an aromatic ring is 1. The van der Waals surface area contributed by atoms with Crippen LogP contribution in [0.2, 0.25) is 0 Å². The molecule has 9 nitrogen and oxygen atoms in total. The van der Waals surface area contributed by atoms with Crippen LogP contribution in [0.3, 0.4) is 0 Å². The van der Waals surface area contributed by atoms with Crippen molar-refractivity contribution in [2.45, 2.75) is 6.42 Å². The highest BCUT2D eigenvalue weighted by atomic mass is 16.5. The van der Waals surface area contributed by atoms with E-state index in [2.05, 4.69) is 25.2 Å². The van der Waals surface area contributed by atoms with Crippen LogP contribution in [-0.4, -0.2) is 60.3 Å². The number of methoxy groups -OCH3 is 2. The first kappa shape index (κ1) is 18.2. The molecule has 1 saturated heterocycles. The van der Waals surface area contributed by atoms with Crippen LogP contribution < -0.4 is 25.4 Å². The first-order chi connectivity index (χ1) is 13.7. The summed E-state index contributed by atoms with van der Waals surface area (Å²) in [5.41, 5.74) is 8.63. The molecular weight excluding hydrogens is 358 g/mol. The molecular formula is C19H23N7O2. The van der Waals surface area contributed by atoms with E-state index >= 15 is 0 Å². The van der Waals surface area contributed by atoms with Gasteiger partial charge in [-0.05, 0) is 31.2 Å². The maximum Gasteiger partial charge on any atom is 0.224 e. The first-order valence-electron chi connectivity index (χ1n) is 9.18. The summed E-state index contributed by atoms with van der Waals surface area (Å²) in [6.07, 6.45) is 2.71. The number of fused-ring (bicyclic) bond motifs is 1. The van der Waals surface area contributed by atoms with Crippen LogP contribution in [0.1, 0.15) is 6.42 Å². The zero-order valence-electron chi connectivity index (χ0n) is 16.0. The summed E-state index contributed by atoms with van der Waals surface area (Å²) >= 11 is 0. The van der Waals surface area contributed by atoms with E-state index in [1.807, 2.05) is 18.2 Å². The van der Waals surface area contributed by atoms with Crippen LogP contribution >= 0.6 is 0 Å². The number of rotatable bonds is 4. The molecule has 3 aromatic rings. The topological polar surface area (TPSA) is 111 Å². The van der Waals surface area contributed by atoms with E-state index in [0.717, 1.165) is 44.0 Å². The molecule has 28 heavy (non-hydrogen) atoms. The van der Waals surface area contributed by atoms with Gasteiger partial charge in [0.05, 0.1) is 26.1 Å². The summed E-state index contributed by atoms with van der Waals surface area (Å²) in [6.45, 7) is 3.57. The Labute approximate surface area is 162 Å². The van der Waals surface area contributed by atoms with Gasteiger partial charge in [0.15, 0.2) is 28.5 Å². The second kappa shape index (κ2) is 7.81. The van der Waals surface area contributed by atoms with Crippen molar-refractivity contribution in [3.8, 4) is 22.8 Å². The Morgan fingerprint density at radius 3 is 2.71 bits per heavy atom. The van der Waals surface area contributed by atoms with Gasteiger partial charge < -0.3 is 25.4 Å². The van der Waals surface area contributed by atoms with E-state index in [9.17, 15) is 0 Å². The van der Waals surface area contributed by atoms with Gasteiger partial charge in [0, 0.05) is 25.2 Å². The minimum absolute atomic E-state index is 0.202. The minimum atomic E-state index is 0.202. The normalized spacial score (nSPS) is 14.7. The molecule has 1 aromatic carbocycles. The number of benzene rings is 1. The molecule has 3 N–H and O–H groups in total. The van der Waals surface area contributed by atoms with Crippen LogP contribution in [0.4, 0.5) is 11.8 Å². The number of hydrogen-bond acceptors (Lipinski definition) is 9. The van der Waals surface area contributed by atoms with Crippen LogP contribution in [-0.2, 0) is 0 Å². The molecule has 0 amide bonds. The van der Waals surface area contributed by atoms with Crippen LogP contribution in [0.5, 0.6) is 11.5 Å². The molecule has 1 aliphatic heterocycles. The molecule has 146 valence electrons. The van der Waals surface area contributed by atoms with E-state index < -0.39 is 0 Å². The van der Waals surface area contributed by atoms with Crippen molar-refractivity contribution in [1.82, 2.24) is 25.3 Å². The average molecular weight is 381 g/mol. The van der Waals surface area contributed by atoms with E-state index in [1.165, 1.54) is 0 Å². The number of nitrogens with one attached hydrogen (secondary N) is 1. The highest BCUT2D eigenvalue weighted by Gasteiger charge is 2.18. The predicted molar refractivity (Wildman–Crippen MR) is 108 cm³/mol. The van der Waals surface area contributed by atoms with Gasteiger partial charge in [0.2, 0.25) is 5.95 Å². The van der Waals surface area contributed by atoms with Crippen molar-refractivity contribution in [3.05, 3.63) is 24.4 Å². The van der Waals surface area contributed by atoms with Gasteiger partial charge in [-0.25, -0.2) is 9.97 Å². The van der Waals surface area contributed by atoms with Crippen molar-refractivity contribution < 1.29 is 9.47 Å². The third-order valence-corrected chi connectivity index (χ3v) is 4.72. The molecule has 1 fully saturated rings. The molecule has 4 rings (SSSR count). The number of aromatic nitrogens is 4. The lowest BCUT2D eigenvalue weighted by Crippen LogP contribution is -2.29. The van der Waals surface area contributed by atoms with Crippen LogP contribution in [0.25, 0.3) is 22.4 Å². The Balaban J connectivity index is 1.81. The van der Waals surface area contributed by atoms with Gasteiger partial charge in [-0.3, -0.25) is 0 Å². The van der Waals surface area contributed by atoms with E-state index in [1.54, 1.807) is 20.4 Å². The van der Waals surface area contributed by atoms with Crippen molar-refractivity contribution in [3.63, 3.8) is 0 Å². The third-order valence-electron chi connectivity index (χ3n) is 4.72. The number of nitrogens with two attached hydrogens (primary N) is 1. The van der Waals surface area contributed by atoms with Crippen molar-refractivity contribution >= 4 is 22.9 Å². The molecule has 0 atom stereocenters. The predicted octanol–water partition coefficient (Wildman–Crippen LogP) is 1.49. The number of nitrogens with zero attached hydrogens (tertiary/aromatic N) is 5. The van der Waals surface area contributed by atoms with E-state index in [0.29, 0.717) is 28.4 Å². The molecule has 0 spiro atoms. The summed E-state index contributed by atoms with van der Waals surface area (Å²) in [4.78, 5) is 20.2. The number of hydrogen-bond donors (Lipinski definition) is 2. The van der Waals surface area contributed by atoms with Gasteiger partial charge in [-0.15, -0.1) is 0 Å². The molecule has 0 aliphatic carbocycles. The fraction of sp³-hybridized carbons (Fsp3) is 0.368. The van der Waals surface area contributed by atoms with Gasteiger partial charge in [-0.2, -0.15) is 9.97 Å². The fourth-order valence-corrected chi connectivity index (χ4v) is 3.32. The molecule has 0 unspecified atom stereocenters. The molecule has 3 heterocycles. The van der Waals surface area contributed by atoms with Crippen molar-refractivity contribution in [1.29, 1.82) is 0 Å². The first-order valence-corrected chi connectivity index (χ1v) is 9.18. The van der Waals surface area contributed by atoms with E-state index in [-0.39, 0.29) is 5.95 Å². The van der Waals surface area contributed by atoms with Crippen molar-refractivity contribution in [2.24, 2.45) is 0 Å². The summed E-state index contributed by atoms with van der Waals surface area (Å²) in [6, 6.07) is 5.65. The molecule has 0 saturated carbocycles. The second-order valence-corrected chi connectivity index (χ2v) is 6.49. The molecule has 2 aromatic heterocycles. The zero-order valence-corrected chi connectivity index (χ0v) is 16.0. The lowest BCUT2D eigenvalue weighted by Gasteiger charge is -2.22. The Kier molecular flexibility index (Phi) is 5.07. The maximum atomic E-state index is 5.93. The summed E-state index contributed by atoms with van der Waals surface area (Å²) in [7, 11) is 3.22. The molecule has 0 bridgehead atoms. The summed E-state index contributed by atoms with van der Waals surface area (Å²) in [5.74, 6) is 2.22. The maximum absolute atomic E-state index is 5.93. The average Bonchev–Trinajstić information content (AvgIpc) is 3.01. The number of anilines is 2. The Hall–Kier alpha value is -3.20. The molecule has 1 aliphatic rings. The SMILES string of the molecule is COc1ccc(-c2cnc3nc(N)nc(N4CCCNCC4)c3n2)cc1OC. The van der Waals surface area contributed by atoms with Crippen LogP contribution in [0.15, 0.2) is 24.4 Å². The quantitative estimate of drug-likeness (QED) is 0.694. The molecule has 9 heteroatoms. The smallest absolute Gasteiger partial charge is 0.224 e. The minimum Gasteiger partial charge on any atom is -0.493 e. The van der Waals surface area contributed by atoms with E-state index in [4.69, 9.17) is 20.2 Å². The lowest BCUT2D eigenvalue weighted by atomic mass is 10.1. The Bertz CT molecular complexity index is 987. The monoisotopic (exact) mass is 381 g/mol. The largest absolute Gasteiger partial charge is 0.493 e. The lowest BCUT2D eigenvalue weighted by molar-refractivity contribution is 0.355. The van der Waals surface area contributed by atoms with Crippen molar-refractivity contribution in [2.75, 3.05) is 51.0 Å². The standard InChI is InChI=1S/C19H23N7O2/c1-27-14-5-4-12(10-15(14)28-2)13-11-22-17-16(23-13)18(25-19(20)24-17)26-8-3-6-21-7-9-26/h4-5,10-11,21H,3,6-9H2,1-2H3,(H2,20,22,24,25). The van der Waals surface area contributed by atoms with Gasteiger partial charge in [-0.1, -0.05) is 0 Å². The third kappa shape index (κ3) is 3.48.